The maximum absolute atomic E-state index is 14.2. The number of nitrogens with one attached hydrogen (secondary N) is 2. The summed E-state index contributed by atoms with van der Waals surface area (Å²) in [5, 5.41) is 16.0. The average Bonchev–Trinajstić information content (AvgIpc) is 3.74. The number of carbonyl (C=O) groups is 2. The maximum atomic E-state index is 14.2. The molecule has 1 aromatic rings. The summed E-state index contributed by atoms with van der Waals surface area (Å²) in [5.41, 5.74) is 2.12. The van der Waals surface area contributed by atoms with E-state index in [0.717, 1.165) is 37.1 Å². The quantitative estimate of drug-likeness (QED) is 0.503. The van der Waals surface area contributed by atoms with E-state index in [1.54, 1.807) is 7.11 Å². The normalized spacial score (nSPS) is 29.6. The summed E-state index contributed by atoms with van der Waals surface area (Å²) >= 11 is 0. The fourth-order valence-electron chi connectivity index (χ4n) is 5.91. The van der Waals surface area contributed by atoms with Gasteiger partial charge in [-0.2, -0.15) is 5.10 Å². The van der Waals surface area contributed by atoms with Crippen molar-refractivity contribution in [2.45, 2.75) is 83.0 Å². The van der Waals surface area contributed by atoms with E-state index >= 15 is 0 Å². The molecule has 0 unspecified atom stereocenters. The third-order valence-electron chi connectivity index (χ3n) is 8.39. The van der Waals surface area contributed by atoms with Crippen molar-refractivity contribution in [1.82, 2.24) is 25.3 Å². The first kappa shape index (κ1) is 27.3. The third kappa shape index (κ3) is 6.13. The van der Waals surface area contributed by atoms with Gasteiger partial charge in [-0.3, -0.25) is 9.59 Å². The molecule has 0 spiro atoms. The zero-order valence-corrected chi connectivity index (χ0v) is 23.3. The van der Waals surface area contributed by atoms with Crippen molar-refractivity contribution in [1.29, 1.82) is 0 Å². The maximum Gasteiger partial charge on any atom is 0.276 e. The monoisotopic (exact) mass is 528 g/mol. The average molecular weight is 529 g/mol. The molecule has 3 heterocycles. The standard InChI is InChI=1S/C28H44N6O4/c1-17(2)15-34(22-9-20(13-29-14-22)27(35)33-7-8-38-16-18(33)3)28(36)26-25(30-21-10-23(11-21)37-4)12-24(31-32-26)19-5-6-19/h12,17-23,29H,5-11,13-16H2,1-4H3,(H,30,31)/t18-,20+,21?,22-,23?/m0/s1. The van der Waals surface area contributed by atoms with Gasteiger partial charge in [0.2, 0.25) is 5.91 Å². The predicted octanol–water partition coefficient (Wildman–Crippen LogP) is 2.27. The summed E-state index contributed by atoms with van der Waals surface area (Å²) in [6.07, 6.45) is 4.98. The Morgan fingerprint density at radius 1 is 1.24 bits per heavy atom. The number of aromatic nitrogens is 2. The molecule has 2 amide bonds. The van der Waals surface area contributed by atoms with Gasteiger partial charge in [0.15, 0.2) is 5.69 Å². The Morgan fingerprint density at radius 2 is 2.03 bits per heavy atom. The van der Waals surface area contributed by atoms with Crippen molar-refractivity contribution in [3.8, 4) is 0 Å². The number of carbonyl (C=O) groups excluding carboxylic acids is 2. The molecule has 10 heteroatoms. The van der Waals surface area contributed by atoms with Crippen LogP contribution in [0, 0.1) is 11.8 Å². The zero-order chi connectivity index (χ0) is 26.8. The number of amides is 2. The SMILES string of the molecule is COC1CC(Nc2cc(C3CC3)nnc2C(=O)N(CC(C)C)[C@@H]2CNC[C@H](C(=O)N3CCOC[C@@H]3C)C2)C1. The lowest BCUT2D eigenvalue weighted by Crippen LogP contribution is -2.57. The van der Waals surface area contributed by atoms with Gasteiger partial charge in [0.25, 0.3) is 5.91 Å². The minimum absolute atomic E-state index is 0.0723. The van der Waals surface area contributed by atoms with Gasteiger partial charge in [0.1, 0.15) is 0 Å². The topological polar surface area (TPSA) is 109 Å². The number of nitrogens with zero attached hydrogens (tertiary/aromatic N) is 4. The molecule has 38 heavy (non-hydrogen) atoms. The molecule has 0 aromatic carbocycles. The fourth-order valence-corrected chi connectivity index (χ4v) is 5.91. The summed E-state index contributed by atoms with van der Waals surface area (Å²) in [6, 6.07) is 2.28. The van der Waals surface area contributed by atoms with Crippen molar-refractivity contribution in [3.63, 3.8) is 0 Å². The number of ether oxygens (including phenoxy) is 2. The van der Waals surface area contributed by atoms with Crippen LogP contribution in [0.4, 0.5) is 5.69 Å². The molecule has 2 saturated heterocycles. The number of hydrogen-bond acceptors (Lipinski definition) is 8. The smallest absolute Gasteiger partial charge is 0.276 e. The third-order valence-corrected chi connectivity index (χ3v) is 8.39. The van der Waals surface area contributed by atoms with E-state index in [9.17, 15) is 9.59 Å². The van der Waals surface area contributed by atoms with Crippen LogP contribution in [0.3, 0.4) is 0 Å². The molecule has 5 rings (SSSR count). The van der Waals surface area contributed by atoms with Crippen molar-refractivity contribution in [3.05, 3.63) is 17.5 Å². The second-order valence-corrected chi connectivity index (χ2v) is 12.0. The molecule has 0 radical (unpaired) electrons. The van der Waals surface area contributed by atoms with Gasteiger partial charge in [-0.05, 0) is 51.0 Å². The van der Waals surface area contributed by atoms with E-state index in [1.165, 1.54) is 0 Å². The summed E-state index contributed by atoms with van der Waals surface area (Å²) in [5.74, 6) is 0.600. The minimum Gasteiger partial charge on any atom is -0.381 e. The highest BCUT2D eigenvalue weighted by molar-refractivity contribution is 5.98. The van der Waals surface area contributed by atoms with E-state index in [2.05, 4.69) is 34.7 Å². The number of methoxy groups -OCH3 is 1. The van der Waals surface area contributed by atoms with Gasteiger partial charge in [0.05, 0.1) is 42.7 Å². The van der Waals surface area contributed by atoms with Crippen LogP contribution in [0.25, 0.3) is 0 Å². The fraction of sp³-hybridized carbons (Fsp3) is 0.786. The first-order valence-electron chi connectivity index (χ1n) is 14.4. The van der Waals surface area contributed by atoms with Gasteiger partial charge in [-0.25, -0.2) is 0 Å². The van der Waals surface area contributed by atoms with Crippen LogP contribution in [-0.2, 0) is 14.3 Å². The molecule has 4 fully saturated rings. The Labute approximate surface area is 226 Å². The lowest BCUT2D eigenvalue weighted by Gasteiger charge is -2.41. The molecule has 2 aliphatic heterocycles. The molecule has 10 nitrogen and oxygen atoms in total. The molecular weight excluding hydrogens is 484 g/mol. The Morgan fingerprint density at radius 3 is 2.71 bits per heavy atom. The molecule has 210 valence electrons. The van der Waals surface area contributed by atoms with E-state index < -0.39 is 0 Å². The highest BCUT2D eigenvalue weighted by atomic mass is 16.5. The van der Waals surface area contributed by atoms with Gasteiger partial charge < -0.3 is 29.9 Å². The highest BCUT2D eigenvalue weighted by Crippen LogP contribution is 2.40. The predicted molar refractivity (Wildman–Crippen MR) is 144 cm³/mol. The van der Waals surface area contributed by atoms with Crippen LogP contribution in [0.1, 0.15) is 75.0 Å². The largest absolute Gasteiger partial charge is 0.381 e. The van der Waals surface area contributed by atoms with E-state index in [4.69, 9.17) is 9.47 Å². The number of anilines is 1. The van der Waals surface area contributed by atoms with Crippen LogP contribution in [0.5, 0.6) is 0 Å². The highest BCUT2D eigenvalue weighted by Gasteiger charge is 2.39. The number of morpholine rings is 1. The van der Waals surface area contributed by atoms with Crippen LogP contribution in [-0.4, -0.2) is 103 Å². The summed E-state index contributed by atoms with van der Waals surface area (Å²) in [6.45, 7) is 9.95. The lowest BCUT2D eigenvalue weighted by molar-refractivity contribution is -0.144. The molecule has 4 aliphatic rings. The van der Waals surface area contributed by atoms with Crippen molar-refractivity contribution in [2.24, 2.45) is 11.8 Å². The summed E-state index contributed by atoms with van der Waals surface area (Å²) in [4.78, 5) is 31.5. The minimum atomic E-state index is -0.168. The molecule has 2 N–H and O–H groups in total. The molecule has 2 saturated carbocycles. The van der Waals surface area contributed by atoms with Crippen LogP contribution in [0.2, 0.25) is 0 Å². The van der Waals surface area contributed by atoms with Crippen LogP contribution in [0.15, 0.2) is 6.07 Å². The Hall–Kier alpha value is -2.30. The molecule has 0 bridgehead atoms. The Kier molecular flexibility index (Phi) is 8.50. The van der Waals surface area contributed by atoms with Crippen LogP contribution >= 0.6 is 0 Å². The number of rotatable bonds is 9. The molecule has 1 aromatic heterocycles. The van der Waals surface area contributed by atoms with E-state index in [1.807, 2.05) is 22.8 Å². The van der Waals surface area contributed by atoms with Crippen molar-refractivity contribution < 1.29 is 19.1 Å². The molecule has 3 atom stereocenters. The van der Waals surface area contributed by atoms with E-state index in [-0.39, 0.29) is 47.9 Å². The second kappa shape index (κ2) is 11.8. The lowest BCUT2D eigenvalue weighted by atomic mass is 9.89. The second-order valence-electron chi connectivity index (χ2n) is 12.0. The van der Waals surface area contributed by atoms with Gasteiger partial charge >= 0.3 is 0 Å². The van der Waals surface area contributed by atoms with E-state index in [0.29, 0.717) is 57.4 Å². The van der Waals surface area contributed by atoms with Gasteiger partial charge in [-0.1, -0.05) is 13.8 Å². The summed E-state index contributed by atoms with van der Waals surface area (Å²) in [7, 11) is 1.74. The molecular formula is C28H44N6O4. The Balaban J connectivity index is 1.35. The van der Waals surface area contributed by atoms with Gasteiger partial charge in [0, 0.05) is 51.3 Å². The Bertz CT molecular complexity index is 996. The first-order valence-corrected chi connectivity index (χ1v) is 14.4. The number of hydrogen-bond donors (Lipinski definition) is 2. The van der Waals surface area contributed by atoms with Gasteiger partial charge in [-0.15, -0.1) is 5.10 Å². The summed E-state index contributed by atoms with van der Waals surface area (Å²) < 4.78 is 11.0. The first-order chi connectivity index (χ1) is 18.3. The zero-order valence-electron chi connectivity index (χ0n) is 23.3. The number of piperidine rings is 1. The molecule has 2 aliphatic carbocycles. The van der Waals surface area contributed by atoms with Crippen LogP contribution < -0.4 is 10.6 Å². The van der Waals surface area contributed by atoms with Crippen molar-refractivity contribution in [2.75, 3.05) is 51.8 Å². The van der Waals surface area contributed by atoms with Crippen molar-refractivity contribution >= 4 is 17.5 Å².